The molecule has 0 saturated carbocycles. The molecule has 1 atom stereocenters. The Labute approximate surface area is 269 Å². The van der Waals surface area contributed by atoms with Gasteiger partial charge in [0.05, 0.1) is 24.8 Å². The molecule has 0 aliphatic carbocycles. The van der Waals surface area contributed by atoms with E-state index in [1.54, 1.807) is 4.90 Å². The molecule has 2 aromatic rings. The Morgan fingerprint density at radius 3 is 2.33 bits per heavy atom. The Bertz CT molecular complexity index is 1250. The minimum absolute atomic E-state index is 0.166. The third kappa shape index (κ3) is 9.33. The number of nitrogens with one attached hydrogen (secondary N) is 1. The molecule has 3 aliphatic rings. The van der Waals surface area contributed by atoms with Gasteiger partial charge in [0.15, 0.2) is 0 Å². The number of unbranched alkanes of at least 4 members (excludes halogenated alkanes) is 1. The third-order valence-corrected chi connectivity index (χ3v) is 9.61. The molecule has 0 bridgehead atoms. The number of amides is 2. The van der Waals surface area contributed by atoms with Crippen LogP contribution in [-0.2, 0) is 16.1 Å². The molecule has 1 unspecified atom stereocenters. The molecule has 8 heteroatoms. The Hall–Kier alpha value is -3.36. The van der Waals surface area contributed by atoms with Crippen molar-refractivity contribution in [1.29, 1.82) is 0 Å². The number of piperidine rings is 2. The minimum Gasteiger partial charge on any atom is -0.494 e. The van der Waals surface area contributed by atoms with E-state index in [1.165, 1.54) is 37.9 Å². The second-order valence-corrected chi connectivity index (χ2v) is 12.8. The van der Waals surface area contributed by atoms with Gasteiger partial charge in [0.2, 0.25) is 0 Å². The van der Waals surface area contributed by atoms with Crippen LogP contribution in [0.5, 0.6) is 5.75 Å². The molecule has 3 heterocycles. The first kappa shape index (κ1) is 33.0. The predicted octanol–water partition coefficient (Wildman–Crippen LogP) is 6.54. The molecule has 5 rings (SSSR count). The maximum Gasteiger partial charge on any atom is 0.338 e. The van der Waals surface area contributed by atoms with Crippen molar-refractivity contribution in [2.24, 2.45) is 5.92 Å². The molecule has 0 aromatic heterocycles. The quantitative estimate of drug-likeness (QED) is 0.192. The standard InChI is InChI=1S/C37H52N4O4/c1-3-44-36(42)34-29(2)41(26-20-30-18-24-40(25-19-30)28-31-12-6-4-7-13-31)37(43)38-35(34)32-14-16-33(17-15-32)45-27-11-10-23-39-21-8-5-9-22-39/h4,6-7,12-17,30,35H,3,5,8-11,18-28H2,1-2H3,(H,38,43). The van der Waals surface area contributed by atoms with E-state index >= 15 is 0 Å². The van der Waals surface area contributed by atoms with Gasteiger partial charge in [-0.25, -0.2) is 9.59 Å². The number of ether oxygens (including phenoxy) is 2. The van der Waals surface area contributed by atoms with Gasteiger partial charge in [0, 0.05) is 18.8 Å². The van der Waals surface area contributed by atoms with Crippen LogP contribution >= 0.6 is 0 Å². The zero-order valence-electron chi connectivity index (χ0n) is 27.3. The fourth-order valence-electron chi connectivity index (χ4n) is 6.93. The summed E-state index contributed by atoms with van der Waals surface area (Å²) in [7, 11) is 0. The number of nitrogens with zero attached hydrogens (tertiary/aromatic N) is 3. The lowest BCUT2D eigenvalue weighted by Gasteiger charge is -2.37. The van der Waals surface area contributed by atoms with Crippen LogP contribution in [0.2, 0.25) is 0 Å². The van der Waals surface area contributed by atoms with Crippen molar-refractivity contribution in [3.63, 3.8) is 0 Å². The summed E-state index contributed by atoms with van der Waals surface area (Å²) < 4.78 is 11.5. The van der Waals surface area contributed by atoms with E-state index in [-0.39, 0.29) is 18.6 Å². The van der Waals surface area contributed by atoms with Crippen molar-refractivity contribution in [2.45, 2.75) is 77.8 Å². The first-order valence-corrected chi connectivity index (χ1v) is 17.2. The van der Waals surface area contributed by atoms with Gasteiger partial charge in [0.1, 0.15) is 5.75 Å². The highest BCUT2D eigenvalue weighted by Crippen LogP contribution is 2.33. The highest BCUT2D eigenvalue weighted by atomic mass is 16.5. The number of carbonyl (C=O) groups is 2. The van der Waals surface area contributed by atoms with Gasteiger partial charge >= 0.3 is 12.0 Å². The van der Waals surface area contributed by atoms with Gasteiger partial charge in [-0.05, 0) is 121 Å². The summed E-state index contributed by atoms with van der Waals surface area (Å²) in [6, 6.07) is 17.6. The molecule has 2 aromatic carbocycles. The molecule has 1 N–H and O–H groups in total. The van der Waals surface area contributed by atoms with E-state index < -0.39 is 6.04 Å². The fraction of sp³-hybridized carbons (Fsp3) is 0.568. The molecule has 2 saturated heterocycles. The summed E-state index contributed by atoms with van der Waals surface area (Å²) in [5, 5.41) is 3.11. The number of carbonyl (C=O) groups excluding carboxylic acids is 2. The molecule has 2 amide bonds. The summed E-state index contributed by atoms with van der Waals surface area (Å²) in [5.74, 6) is 0.973. The summed E-state index contributed by atoms with van der Waals surface area (Å²) in [6.45, 7) is 12.0. The highest BCUT2D eigenvalue weighted by Gasteiger charge is 2.36. The van der Waals surface area contributed by atoms with Crippen LogP contribution in [0.3, 0.4) is 0 Å². The Balaban J connectivity index is 1.14. The largest absolute Gasteiger partial charge is 0.494 e. The molecule has 0 spiro atoms. The van der Waals surface area contributed by atoms with Gasteiger partial charge in [-0.2, -0.15) is 0 Å². The summed E-state index contributed by atoms with van der Waals surface area (Å²) >= 11 is 0. The predicted molar refractivity (Wildman–Crippen MR) is 178 cm³/mol. The lowest BCUT2D eigenvalue weighted by molar-refractivity contribution is -0.139. The van der Waals surface area contributed by atoms with E-state index in [0.717, 1.165) is 69.6 Å². The third-order valence-electron chi connectivity index (χ3n) is 9.61. The van der Waals surface area contributed by atoms with Crippen LogP contribution in [0, 0.1) is 5.92 Å². The molecule has 45 heavy (non-hydrogen) atoms. The van der Waals surface area contributed by atoms with Crippen molar-refractivity contribution >= 4 is 12.0 Å². The summed E-state index contributed by atoms with van der Waals surface area (Å²) in [5.41, 5.74) is 3.37. The maximum atomic E-state index is 13.4. The first-order chi connectivity index (χ1) is 22.0. The van der Waals surface area contributed by atoms with Crippen LogP contribution in [-0.4, -0.2) is 79.2 Å². The van der Waals surface area contributed by atoms with Crippen molar-refractivity contribution in [3.05, 3.63) is 77.0 Å². The normalized spacial score (nSPS) is 20.3. The number of hydrogen-bond acceptors (Lipinski definition) is 6. The number of hydrogen-bond donors (Lipinski definition) is 1. The molecule has 2 fully saturated rings. The molecule has 3 aliphatic heterocycles. The van der Waals surface area contributed by atoms with Crippen molar-refractivity contribution in [2.75, 3.05) is 52.5 Å². The summed E-state index contributed by atoms with van der Waals surface area (Å²) in [4.78, 5) is 33.5. The molecule has 0 radical (unpaired) electrons. The van der Waals surface area contributed by atoms with E-state index in [4.69, 9.17) is 9.47 Å². The van der Waals surface area contributed by atoms with Gasteiger partial charge in [-0.15, -0.1) is 0 Å². The zero-order chi connectivity index (χ0) is 31.4. The van der Waals surface area contributed by atoms with Gasteiger partial charge in [-0.1, -0.05) is 48.9 Å². The van der Waals surface area contributed by atoms with E-state index in [1.807, 2.05) is 38.1 Å². The lowest BCUT2D eigenvalue weighted by atomic mass is 9.92. The number of allylic oxidation sites excluding steroid dienone is 1. The average molecular weight is 617 g/mol. The van der Waals surface area contributed by atoms with E-state index in [2.05, 4.69) is 45.4 Å². The molecular weight excluding hydrogens is 564 g/mol. The van der Waals surface area contributed by atoms with Crippen molar-refractivity contribution in [3.8, 4) is 5.75 Å². The Morgan fingerprint density at radius 2 is 1.62 bits per heavy atom. The van der Waals surface area contributed by atoms with Crippen molar-refractivity contribution in [1.82, 2.24) is 20.0 Å². The number of urea groups is 1. The molecular formula is C37H52N4O4. The number of rotatable bonds is 14. The maximum absolute atomic E-state index is 13.4. The number of esters is 1. The Kier molecular flexibility index (Phi) is 12.3. The summed E-state index contributed by atoms with van der Waals surface area (Å²) in [6.07, 6.45) is 9.32. The second-order valence-electron chi connectivity index (χ2n) is 12.8. The SMILES string of the molecule is CCOC(=O)C1=C(C)N(CCC2CCN(Cc3ccccc3)CC2)C(=O)NC1c1ccc(OCCCCN2CCCCC2)cc1. The highest BCUT2D eigenvalue weighted by molar-refractivity contribution is 5.95. The van der Waals surface area contributed by atoms with Gasteiger partial charge in [0.25, 0.3) is 0 Å². The van der Waals surface area contributed by atoms with Gasteiger partial charge in [-0.3, -0.25) is 9.80 Å². The second kappa shape index (κ2) is 16.8. The van der Waals surface area contributed by atoms with E-state index in [9.17, 15) is 9.59 Å². The molecule has 244 valence electrons. The van der Waals surface area contributed by atoms with Crippen LogP contribution in [0.4, 0.5) is 4.79 Å². The van der Waals surface area contributed by atoms with Gasteiger partial charge < -0.3 is 19.7 Å². The van der Waals surface area contributed by atoms with Crippen molar-refractivity contribution < 1.29 is 19.1 Å². The topological polar surface area (TPSA) is 74.3 Å². The number of likely N-dealkylation sites (tertiary alicyclic amines) is 2. The van der Waals surface area contributed by atoms with E-state index in [0.29, 0.717) is 30.3 Å². The number of benzene rings is 2. The average Bonchev–Trinajstić information content (AvgIpc) is 3.06. The Morgan fingerprint density at radius 1 is 0.889 bits per heavy atom. The zero-order valence-corrected chi connectivity index (χ0v) is 27.3. The smallest absolute Gasteiger partial charge is 0.338 e. The van der Waals surface area contributed by atoms with Crippen LogP contribution in [0.25, 0.3) is 0 Å². The minimum atomic E-state index is -0.562. The molecule has 8 nitrogen and oxygen atoms in total. The monoisotopic (exact) mass is 616 g/mol. The fourth-order valence-corrected chi connectivity index (χ4v) is 6.93. The lowest BCUT2D eigenvalue weighted by Crippen LogP contribution is -2.48. The first-order valence-electron chi connectivity index (χ1n) is 17.2. The van der Waals surface area contributed by atoms with Crippen LogP contribution in [0.1, 0.15) is 82.4 Å². The van der Waals surface area contributed by atoms with Crippen LogP contribution in [0.15, 0.2) is 65.9 Å². The van der Waals surface area contributed by atoms with Crippen LogP contribution < -0.4 is 10.1 Å².